The predicted octanol–water partition coefficient (Wildman–Crippen LogP) is 0.713. The third kappa shape index (κ3) is 7.05. The Balaban J connectivity index is 2.38. The van der Waals surface area contributed by atoms with E-state index < -0.39 is 15.7 Å². The number of hydrogen-bond donors (Lipinski definition) is 2. The van der Waals surface area contributed by atoms with Crippen LogP contribution in [0.5, 0.6) is 0 Å². The predicted molar refractivity (Wildman–Crippen MR) is 81.3 cm³/mol. The van der Waals surface area contributed by atoms with Crippen molar-refractivity contribution in [1.82, 2.24) is 4.90 Å². The molecule has 0 saturated heterocycles. The van der Waals surface area contributed by atoms with Gasteiger partial charge in [0.15, 0.2) is 0 Å². The highest BCUT2D eigenvalue weighted by Gasteiger charge is 2.09. The minimum atomic E-state index is -3.01. The molecule has 1 rings (SSSR count). The van der Waals surface area contributed by atoms with Crippen LogP contribution in [0.2, 0.25) is 0 Å². The van der Waals surface area contributed by atoms with Crippen molar-refractivity contribution in [2.24, 2.45) is 0 Å². The molecular weight excluding hydrogens is 297 g/mol. The summed E-state index contributed by atoms with van der Waals surface area (Å²) in [4.78, 5) is 13.5. The SMILES string of the molecule is CN(CCC(=O)Nc1ccc(F)c(N)c1)CCS(C)(=O)=O. The lowest BCUT2D eigenvalue weighted by Crippen LogP contribution is -2.28. The number of carbonyl (C=O) groups is 1. The third-order valence-electron chi connectivity index (χ3n) is 2.84. The molecule has 0 unspecified atom stereocenters. The van der Waals surface area contributed by atoms with Gasteiger partial charge in [0.05, 0.1) is 11.4 Å². The number of nitrogens with two attached hydrogens (primary N) is 1. The second kappa shape index (κ2) is 7.37. The Morgan fingerprint density at radius 3 is 2.62 bits per heavy atom. The van der Waals surface area contributed by atoms with Crippen LogP contribution in [0.4, 0.5) is 15.8 Å². The summed E-state index contributed by atoms with van der Waals surface area (Å²) in [5.74, 6) is -0.722. The van der Waals surface area contributed by atoms with Crippen molar-refractivity contribution in [1.29, 1.82) is 0 Å². The quantitative estimate of drug-likeness (QED) is 0.723. The van der Waals surface area contributed by atoms with Crippen molar-refractivity contribution in [2.45, 2.75) is 6.42 Å². The topological polar surface area (TPSA) is 92.5 Å². The van der Waals surface area contributed by atoms with E-state index in [1.54, 1.807) is 11.9 Å². The highest BCUT2D eigenvalue weighted by atomic mass is 32.2. The number of nitrogen functional groups attached to an aromatic ring is 1. The average molecular weight is 317 g/mol. The summed E-state index contributed by atoms with van der Waals surface area (Å²) in [7, 11) is -1.26. The fourth-order valence-electron chi connectivity index (χ4n) is 1.57. The molecule has 0 fully saturated rings. The number of anilines is 2. The van der Waals surface area contributed by atoms with Crippen LogP contribution in [0.1, 0.15) is 6.42 Å². The van der Waals surface area contributed by atoms with E-state index in [1.807, 2.05) is 0 Å². The number of nitrogens with one attached hydrogen (secondary N) is 1. The van der Waals surface area contributed by atoms with E-state index in [0.29, 0.717) is 18.8 Å². The minimum absolute atomic E-state index is 0.0296. The van der Waals surface area contributed by atoms with Crippen LogP contribution in [0.25, 0.3) is 0 Å². The maximum Gasteiger partial charge on any atom is 0.225 e. The largest absolute Gasteiger partial charge is 0.396 e. The van der Waals surface area contributed by atoms with Gasteiger partial charge in [-0.05, 0) is 25.2 Å². The summed E-state index contributed by atoms with van der Waals surface area (Å²) in [6.07, 6.45) is 1.38. The first-order valence-electron chi connectivity index (χ1n) is 6.38. The van der Waals surface area contributed by atoms with Gasteiger partial charge in [-0.1, -0.05) is 0 Å². The second-order valence-electron chi connectivity index (χ2n) is 4.97. The molecule has 0 heterocycles. The molecule has 1 aromatic carbocycles. The van der Waals surface area contributed by atoms with Gasteiger partial charge in [0.2, 0.25) is 5.91 Å². The maximum absolute atomic E-state index is 13.0. The van der Waals surface area contributed by atoms with Crippen LogP contribution in [0.15, 0.2) is 18.2 Å². The molecule has 0 radical (unpaired) electrons. The molecule has 118 valence electrons. The molecule has 0 aliphatic rings. The Morgan fingerprint density at radius 1 is 1.38 bits per heavy atom. The van der Waals surface area contributed by atoms with Crippen molar-refractivity contribution in [2.75, 3.05) is 43.2 Å². The zero-order valence-electron chi connectivity index (χ0n) is 12.1. The van der Waals surface area contributed by atoms with Gasteiger partial charge in [0, 0.05) is 31.5 Å². The van der Waals surface area contributed by atoms with E-state index in [0.717, 1.165) is 0 Å². The zero-order chi connectivity index (χ0) is 16.0. The summed E-state index contributed by atoms with van der Waals surface area (Å²) in [5.41, 5.74) is 5.81. The summed E-state index contributed by atoms with van der Waals surface area (Å²) in [5, 5.41) is 2.61. The van der Waals surface area contributed by atoms with Crippen LogP contribution in [-0.2, 0) is 14.6 Å². The molecule has 3 N–H and O–H groups in total. The van der Waals surface area contributed by atoms with Gasteiger partial charge in [-0.15, -0.1) is 0 Å². The first kappa shape index (κ1) is 17.4. The van der Waals surface area contributed by atoms with Crippen LogP contribution >= 0.6 is 0 Å². The lowest BCUT2D eigenvalue weighted by molar-refractivity contribution is -0.116. The molecule has 1 amide bonds. The average Bonchev–Trinajstić information content (AvgIpc) is 2.37. The van der Waals surface area contributed by atoms with E-state index in [-0.39, 0.29) is 23.8 Å². The number of nitrogens with zero attached hydrogens (tertiary/aromatic N) is 1. The Morgan fingerprint density at radius 2 is 2.05 bits per heavy atom. The number of carbonyl (C=O) groups excluding carboxylic acids is 1. The Hall–Kier alpha value is -1.67. The number of halogens is 1. The summed E-state index contributed by atoms with van der Waals surface area (Å²) in [6, 6.07) is 3.96. The van der Waals surface area contributed by atoms with Gasteiger partial charge in [-0.2, -0.15) is 0 Å². The van der Waals surface area contributed by atoms with Crippen molar-refractivity contribution >= 4 is 27.1 Å². The minimum Gasteiger partial charge on any atom is -0.396 e. The smallest absolute Gasteiger partial charge is 0.225 e. The fourth-order valence-corrected chi connectivity index (χ4v) is 2.21. The summed E-state index contributed by atoms with van der Waals surface area (Å²) < 4.78 is 35.0. The molecule has 1 aromatic rings. The first-order chi connectivity index (χ1) is 9.67. The number of sulfone groups is 1. The number of amides is 1. The third-order valence-corrected chi connectivity index (χ3v) is 3.77. The standard InChI is InChI=1S/C13H20FN3O3S/c1-17(7-8-21(2,19)20)6-5-13(18)16-10-3-4-11(14)12(15)9-10/h3-4,9H,5-8,15H2,1-2H3,(H,16,18). The van der Waals surface area contributed by atoms with Crippen molar-refractivity contribution in [3.05, 3.63) is 24.0 Å². The monoisotopic (exact) mass is 317 g/mol. The lowest BCUT2D eigenvalue weighted by Gasteiger charge is -2.15. The first-order valence-corrected chi connectivity index (χ1v) is 8.44. The van der Waals surface area contributed by atoms with E-state index in [2.05, 4.69) is 5.32 Å². The van der Waals surface area contributed by atoms with Crippen LogP contribution < -0.4 is 11.1 Å². The normalized spacial score (nSPS) is 11.6. The summed E-state index contributed by atoms with van der Waals surface area (Å²) >= 11 is 0. The molecule has 8 heteroatoms. The van der Waals surface area contributed by atoms with Gasteiger partial charge in [-0.3, -0.25) is 4.79 Å². The van der Waals surface area contributed by atoms with Crippen molar-refractivity contribution in [3.63, 3.8) is 0 Å². The molecular formula is C13H20FN3O3S. The van der Waals surface area contributed by atoms with Crippen LogP contribution in [0.3, 0.4) is 0 Å². The lowest BCUT2D eigenvalue weighted by atomic mass is 10.2. The highest BCUT2D eigenvalue weighted by Crippen LogP contribution is 2.16. The maximum atomic E-state index is 13.0. The van der Waals surface area contributed by atoms with Crippen LogP contribution in [-0.4, -0.2) is 51.4 Å². The Labute approximate surface area is 124 Å². The summed E-state index contributed by atoms with van der Waals surface area (Å²) in [6.45, 7) is 0.799. The number of benzene rings is 1. The number of hydrogen-bond acceptors (Lipinski definition) is 5. The zero-order valence-corrected chi connectivity index (χ0v) is 12.9. The van der Waals surface area contributed by atoms with Gasteiger partial charge >= 0.3 is 0 Å². The van der Waals surface area contributed by atoms with Gasteiger partial charge in [0.1, 0.15) is 15.7 Å². The molecule has 0 aliphatic carbocycles. The van der Waals surface area contributed by atoms with E-state index in [9.17, 15) is 17.6 Å². The molecule has 6 nitrogen and oxygen atoms in total. The highest BCUT2D eigenvalue weighted by molar-refractivity contribution is 7.90. The number of rotatable bonds is 7. The van der Waals surface area contributed by atoms with Crippen LogP contribution in [0, 0.1) is 5.82 Å². The molecule has 0 spiro atoms. The fraction of sp³-hybridized carbons (Fsp3) is 0.462. The van der Waals surface area contributed by atoms with E-state index in [4.69, 9.17) is 5.73 Å². The molecule has 0 atom stereocenters. The van der Waals surface area contributed by atoms with E-state index in [1.165, 1.54) is 24.5 Å². The molecule has 0 bridgehead atoms. The molecule has 0 aliphatic heterocycles. The molecule has 0 aromatic heterocycles. The van der Waals surface area contributed by atoms with Crippen molar-refractivity contribution in [3.8, 4) is 0 Å². The van der Waals surface area contributed by atoms with E-state index >= 15 is 0 Å². The van der Waals surface area contributed by atoms with Gasteiger partial charge in [0.25, 0.3) is 0 Å². The molecule has 0 saturated carbocycles. The van der Waals surface area contributed by atoms with Gasteiger partial charge < -0.3 is 16.0 Å². The van der Waals surface area contributed by atoms with Crippen molar-refractivity contribution < 1.29 is 17.6 Å². The van der Waals surface area contributed by atoms with Gasteiger partial charge in [-0.25, -0.2) is 12.8 Å². The Kier molecular flexibility index (Phi) is 6.10. The second-order valence-corrected chi connectivity index (χ2v) is 7.23. The molecule has 21 heavy (non-hydrogen) atoms. The Bertz CT molecular complexity index is 605.